The van der Waals surface area contributed by atoms with Gasteiger partial charge in [0.2, 0.25) is 11.7 Å². The van der Waals surface area contributed by atoms with Crippen molar-refractivity contribution in [1.82, 2.24) is 9.80 Å². The summed E-state index contributed by atoms with van der Waals surface area (Å²) in [5.41, 5.74) is 0.617. The molecule has 0 atom stereocenters. The zero-order valence-corrected chi connectivity index (χ0v) is 19.3. The summed E-state index contributed by atoms with van der Waals surface area (Å²) in [5, 5.41) is 2.93. The number of thiophene rings is 1. The Labute approximate surface area is 183 Å². The van der Waals surface area contributed by atoms with Crippen molar-refractivity contribution >= 4 is 38.9 Å². The fourth-order valence-electron chi connectivity index (χ4n) is 3.32. The highest BCUT2D eigenvalue weighted by molar-refractivity contribution is 9.11. The number of rotatable bonds is 8. The van der Waals surface area contributed by atoms with Crippen LogP contribution in [0.1, 0.15) is 4.88 Å². The number of hydrogen-bond donors (Lipinski definition) is 1. The lowest BCUT2D eigenvalue weighted by Crippen LogP contribution is -2.48. The first kappa shape index (κ1) is 21.9. The van der Waals surface area contributed by atoms with Crippen LogP contribution in [0.5, 0.6) is 17.2 Å². The lowest BCUT2D eigenvalue weighted by molar-refractivity contribution is -0.117. The van der Waals surface area contributed by atoms with Crippen LogP contribution in [0.4, 0.5) is 5.69 Å². The van der Waals surface area contributed by atoms with Gasteiger partial charge in [-0.1, -0.05) is 0 Å². The van der Waals surface area contributed by atoms with Gasteiger partial charge in [0.1, 0.15) is 0 Å². The number of ether oxygens (including phenoxy) is 3. The minimum absolute atomic E-state index is 0.0603. The molecule has 158 valence electrons. The minimum Gasteiger partial charge on any atom is -0.493 e. The SMILES string of the molecule is COc1cc(NC(=O)CN2CCN(Cc3ccc(Br)s3)CC2)cc(OC)c1OC. The Balaban J connectivity index is 1.51. The molecule has 1 aliphatic rings. The fourth-order valence-corrected chi connectivity index (χ4v) is 4.85. The third-order valence-electron chi connectivity index (χ3n) is 4.79. The highest BCUT2D eigenvalue weighted by atomic mass is 79.9. The molecule has 1 fully saturated rings. The summed E-state index contributed by atoms with van der Waals surface area (Å²) in [5.74, 6) is 1.46. The monoisotopic (exact) mass is 483 g/mol. The molecule has 1 aliphatic heterocycles. The average molecular weight is 484 g/mol. The Morgan fingerprint density at radius 3 is 2.17 bits per heavy atom. The topological polar surface area (TPSA) is 63.3 Å². The summed E-state index contributed by atoms with van der Waals surface area (Å²) >= 11 is 5.28. The first-order valence-corrected chi connectivity index (χ1v) is 10.9. The van der Waals surface area contributed by atoms with E-state index in [0.29, 0.717) is 29.5 Å². The molecule has 2 heterocycles. The number of nitrogens with one attached hydrogen (secondary N) is 1. The van der Waals surface area contributed by atoms with E-state index in [1.165, 1.54) is 4.88 Å². The van der Waals surface area contributed by atoms with Crippen LogP contribution in [0.3, 0.4) is 0 Å². The molecule has 1 amide bonds. The van der Waals surface area contributed by atoms with E-state index in [4.69, 9.17) is 14.2 Å². The standard InChI is InChI=1S/C20H26BrN3O4S/c1-26-16-10-14(11-17(27-2)20(16)28-3)22-19(25)13-24-8-6-23(7-9-24)12-15-4-5-18(21)29-15/h4-5,10-11H,6-9,12-13H2,1-3H3,(H,22,25). The van der Waals surface area contributed by atoms with Crippen molar-refractivity contribution in [2.24, 2.45) is 0 Å². The molecule has 29 heavy (non-hydrogen) atoms. The Kier molecular flexibility index (Phi) is 7.77. The first-order chi connectivity index (χ1) is 14.0. The van der Waals surface area contributed by atoms with Crippen LogP contribution in [0.15, 0.2) is 28.1 Å². The fraction of sp³-hybridized carbons (Fsp3) is 0.450. The van der Waals surface area contributed by atoms with E-state index in [2.05, 4.69) is 43.2 Å². The lowest BCUT2D eigenvalue weighted by atomic mass is 10.2. The van der Waals surface area contributed by atoms with Crippen LogP contribution in [0.25, 0.3) is 0 Å². The van der Waals surface area contributed by atoms with Crippen molar-refractivity contribution in [3.05, 3.63) is 32.9 Å². The number of carbonyl (C=O) groups is 1. The summed E-state index contributed by atoms with van der Waals surface area (Å²) in [6.07, 6.45) is 0. The number of nitrogens with zero attached hydrogens (tertiary/aromatic N) is 2. The molecule has 0 spiro atoms. The van der Waals surface area contributed by atoms with E-state index in [0.717, 1.165) is 36.5 Å². The molecule has 0 bridgehead atoms. The van der Waals surface area contributed by atoms with Crippen molar-refractivity contribution in [1.29, 1.82) is 0 Å². The van der Waals surface area contributed by atoms with Gasteiger partial charge in [0.25, 0.3) is 0 Å². The van der Waals surface area contributed by atoms with Crippen molar-refractivity contribution in [2.45, 2.75) is 6.54 Å². The third-order valence-corrected chi connectivity index (χ3v) is 6.40. The summed E-state index contributed by atoms with van der Waals surface area (Å²) in [6, 6.07) is 7.71. The number of carbonyl (C=O) groups excluding carboxylic acids is 1. The molecular weight excluding hydrogens is 458 g/mol. The highest BCUT2D eigenvalue weighted by Crippen LogP contribution is 2.39. The van der Waals surface area contributed by atoms with Crippen molar-refractivity contribution in [2.75, 3.05) is 59.4 Å². The predicted octanol–water partition coefficient (Wildman–Crippen LogP) is 3.29. The van der Waals surface area contributed by atoms with E-state index in [1.807, 2.05) is 0 Å². The predicted molar refractivity (Wildman–Crippen MR) is 118 cm³/mol. The van der Waals surface area contributed by atoms with Gasteiger partial charge in [0.15, 0.2) is 11.5 Å². The Hall–Kier alpha value is -1.81. The summed E-state index contributed by atoms with van der Waals surface area (Å²) in [4.78, 5) is 18.5. The minimum atomic E-state index is -0.0603. The quantitative estimate of drug-likeness (QED) is 0.621. The Morgan fingerprint density at radius 2 is 1.66 bits per heavy atom. The number of hydrogen-bond acceptors (Lipinski definition) is 7. The van der Waals surface area contributed by atoms with Gasteiger partial charge < -0.3 is 19.5 Å². The Bertz CT molecular complexity index is 812. The smallest absolute Gasteiger partial charge is 0.238 e. The van der Waals surface area contributed by atoms with Crippen LogP contribution in [-0.2, 0) is 11.3 Å². The van der Waals surface area contributed by atoms with Crippen molar-refractivity contribution in [3.8, 4) is 17.2 Å². The maximum Gasteiger partial charge on any atom is 0.238 e. The number of amides is 1. The number of piperazine rings is 1. The molecule has 0 aliphatic carbocycles. The molecule has 3 rings (SSSR count). The Morgan fingerprint density at radius 1 is 1.03 bits per heavy atom. The molecule has 7 nitrogen and oxygen atoms in total. The third kappa shape index (κ3) is 5.85. The normalized spacial score (nSPS) is 15.2. The second-order valence-electron chi connectivity index (χ2n) is 6.72. The zero-order valence-electron chi connectivity index (χ0n) is 16.9. The maximum absolute atomic E-state index is 12.5. The summed E-state index contributed by atoms with van der Waals surface area (Å²) in [7, 11) is 4.66. The second kappa shape index (κ2) is 10.3. The van der Waals surface area contributed by atoms with E-state index in [1.54, 1.807) is 44.8 Å². The summed E-state index contributed by atoms with van der Waals surface area (Å²) in [6.45, 7) is 4.96. The van der Waals surface area contributed by atoms with Crippen molar-refractivity contribution < 1.29 is 19.0 Å². The van der Waals surface area contributed by atoms with Gasteiger partial charge in [-0.25, -0.2) is 0 Å². The molecule has 1 aromatic heterocycles. The molecular formula is C20H26BrN3O4S. The number of methoxy groups -OCH3 is 3. The number of benzene rings is 1. The van der Waals surface area contributed by atoms with Gasteiger partial charge in [-0.2, -0.15) is 0 Å². The highest BCUT2D eigenvalue weighted by Gasteiger charge is 2.20. The van der Waals surface area contributed by atoms with E-state index in [-0.39, 0.29) is 5.91 Å². The van der Waals surface area contributed by atoms with Crippen LogP contribution in [0.2, 0.25) is 0 Å². The lowest BCUT2D eigenvalue weighted by Gasteiger charge is -2.34. The average Bonchev–Trinajstić information content (AvgIpc) is 3.13. The summed E-state index contributed by atoms with van der Waals surface area (Å²) < 4.78 is 17.2. The van der Waals surface area contributed by atoms with E-state index < -0.39 is 0 Å². The van der Waals surface area contributed by atoms with Gasteiger partial charge in [0.05, 0.1) is 31.7 Å². The van der Waals surface area contributed by atoms with Crippen LogP contribution in [0, 0.1) is 0 Å². The zero-order chi connectivity index (χ0) is 20.8. The number of halogens is 1. The van der Waals surface area contributed by atoms with Gasteiger partial charge in [-0.15, -0.1) is 11.3 Å². The van der Waals surface area contributed by atoms with Crippen LogP contribution in [-0.4, -0.2) is 69.8 Å². The van der Waals surface area contributed by atoms with Gasteiger partial charge in [-0.05, 0) is 28.1 Å². The van der Waals surface area contributed by atoms with Gasteiger partial charge in [-0.3, -0.25) is 14.6 Å². The molecule has 0 radical (unpaired) electrons. The molecule has 1 saturated heterocycles. The molecule has 9 heteroatoms. The van der Waals surface area contributed by atoms with Crippen LogP contribution >= 0.6 is 27.3 Å². The number of anilines is 1. The van der Waals surface area contributed by atoms with E-state index in [9.17, 15) is 4.79 Å². The maximum atomic E-state index is 12.5. The molecule has 0 unspecified atom stereocenters. The van der Waals surface area contributed by atoms with Gasteiger partial charge in [0, 0.05) is 55.4 Å². The second-order valence-corrected chi connectivity index (χ2v) is 9.27. The largest absolute Gasteiger partial charge is 0.493 e. The van der Waals surface area contributed by atoms with Crippen molar-refractivity contribution in [3.63, 3.8) is 0 Å². The molecule has 1 N–H and O–H groups in total. The molecule has 1 aromatic carbocycles. The van der Waals surface area contributed by atoms with E-state index >= 15 is 0 Å². The first-order valence-electron chi connectivity index (χ1n) is 9.31. The molecule has 0 saturated carbocycles. The molecule has 2 aromatic rings. The van der Waals surface area contributed by atoms with Gasteiger partial charge >= 0.3 is 0 Å². The van der Waals surface area contributed by atoms with Crippen LogP contribution < -0.4 is 19.5 Å².